The molecular weight excluding hydrogens is 295 g/mol. The van der Waals surface area contributed by atoms with Crippen LogP contribution in [0, 0.1) is 0 Å². The van der Waals surface area contributed by atoms with Crippen molar-refractivity contribution in [2.75, 3.05) is 13.1 Å². The second-order valence-corrected chi connectivity index (χ2v) is 7.22. The number of carbonyl (C=O) groups is 1. The van der Waals surface area contributed by atoms with Crippen LogP contribution in [0.2, 0.25) is 0 Å². The molecular formula is C9H18IN2O2-. The zero-order chi connectivity index (χ0) is 10.6. The van der Waals surface area contributed by atoms with Crippen molar-refractivity contribution in [1.82, 2.24) is 8.85 Å². The van der Waals surface area contributed by atoms with E-state index in [1.54, 1.807) is 0 Å². The van der Waals surface area contributed by atoms with Gasteiger partial charge in [-0.2, -0.15) is 0 Å². The van der Waals surface area contributed by atoms with Gasteiger partial charge in [0.1, 0.15) is 0 Å². The van der Waals surface area contributed by atoms with E-state index < -0.39 is 0 Å². The molecule has 0 aromatic carbocycles. The summed E-state index contributed by atoms with van der Waals surface area (Å²) in [6, 6.07) is 0. The molecule has 2 N–H and O–H groups in total. The molecule has 0 saturated carbocycles. The molecule has 5 heteroatoms. The summed E-state index contributed by atoms with van der Waals surface area (Å²) in [5.41, 5.74) is -0.387. The molecule has 0 aromatic rings. The molecule has 1 heterocycles. The number of ether oxygens (including phenoxy) is 1. The van der Waals surface area contributed by atoms with E-state index in [4.69, 9.17) is 4.74 Å². The molecule has 1 rings (SSSR count). The number of alkyl halides is 1. The van der Waals surface area contributed by atoms with E-state index in [-0.39, 0.29) is 33.2 Å². The monoisotopic (exact) mass is 313 g/mol. The van der Waals surface area contributed by atoms with Gasteiger partial charge in [0.25, 0.3) is 0 Å². The average Bonchev–Trinajstić information content (AvgIpc) is 2.49. The van der Waals surface area contributed by atoms with Gasteiger partial charge in [0, 0.05) is 0 Å². The van der Waals surface area contributed by atoms with Crippen molar-refractivity contribution in [2.45, 2.75) is 36.7 Å². The third kappa shape index (κ3) is 4.99. The van der Waals surface area contributed by atoms with Crippen LogP contribution in [0.3, 0.4) is 0 Å². The molecule has 0 bridgehead atoms. The van der Waals surface area contributed by atoms with Crippen molar-refractivity contribution in [1.29, 1.82) is 0 Å². The number of amides is 1. The Morgan fingerprint density at radius 3 is 2.79 bits per heavy atom. The number of hydrogen-bond acceptors (Lipinski definition) is 3. The second-order valence-electron chi connectivity index (χ2n) is 4.30. The van der Waals surface area contributed by atoms with E-state index in [1.165, 1.54) is 6.42 Å². The van der Waals surface area contributed by atoms with Crippen LogP contribution in [-0.4, -0.2) is 28.7 Å². The molecule has 1 fully saturated rings. The quantitative estimate of drug-likeness (QED) is 0.348. The third-order valence-corrected chi connectivity index (χ3v) is 4.38. The molecule has 1 atom stereocenters. The van der Waals surface area contributed by atoms with E-state index >= 15 is 0 Å². The van der Waals surface area contributed by atoms with Crippen molar-refractivity contribution in [3.05, 3.63) is 0 Å². The maximum atomic E-state index is 11.3. The fourth-order valence-electron chi connectivity index (χ4n) is 1.13. The number of carbonyl (C=O) groups excluding carboxylic acids is 1. The van der Waals surface area contributed by atoms with E-state index in [0.717, 1.165) is 13.1 Å². The predicted molar refractivity (Wildman–Crippen MR) is 50.6 cm³/mol. The van der Waals surface area contributed by atoms with Crippen molar-refractivity contribution in [2.24, 2.45) is 0 Å². The van der Waals surface area contributed by atoms with Crippen molar-refractivity contribution >= 4 is 6.09 Å². The fourth-order valence-corrected chi connectivity index (χ4v) is 3.09. The maximum absolute atomic E-state index is 11.3. The predicted octanol–water partition coefficient (Wildman–Crippen LogP) is -2.12. The van der Waals surface area contributed by atoms with Crippen molar-refractivity contribution < 1.29 is 31.0 Å². The molecule has 0 unspecified atom stereocenters. The SMILES string of the molecule is CC(C)(C)OC(=O)N[I-][C@@H]1CCNC1. The summed E-state index contributed by atoms with van der Waals surface area (Å²) in [5, 5.41) is 3.28. The first-order chi connectivity index (χ1) is 6.47. The zero-order valence-corrected chi connectivity index (χ0v) is 11.1. The first-order valence-electron chi connectivity index (χ1n) is 4.79. The number of rotatable bonds is 2. The molecule has 84 valence electrons. The molecule has 4 nitrogen and oxygen atoms in total. The Morgan fingerprint density at radius 2 is 2.29 bits per heavy atom. The Bertz CT molecular complexity index is 197. The molecule has 0 aliphatic carbocycles. The van der Waals surface area contributed by atoms with Gasteiger partial charge >= 0.3 is 95.8 Å². The summed E-state index contributed by atoms with van der Waals surface area (Å²) >= 11 is -0.261. The summed E-state index contributed by atoms with van der Waals surface area (Å²) in [7, 11) is 0. The number of nitrogens with one attached hydrogen (secondary N) is 2. The van der Waals surface area contributed by atoms with Crippen LogP contribution in [0.4, 0.5) is 4.79 Å². The third-order valence-electron chi connectivity index (χ3n) is 1.69. The molecule has 1 aliphatic heterocycles. The van der Waals surface area contributed by atoms with Crippen molar-refractivity contribution in [3.8, 4) is 0 Å². The Balaban J connectivity index is 2.14. The van der Waals surface area contributed by atoms with Crippen LogP contribution in [-0.2, 0) is 4.74 Å². The Kier molecular flexibility index (Phi) is 4.43. The van der Waals surface area contributed by atoms with Gasteiger partial charge in [0.15, 0.2) is 0 Å². The Morgan fingerprint density at radius 1 is 1.57 bits per heavy atom. The first-order valence-corrected chi connectivity index (χ1v) is 7.12. The van der Waals surface area contributed by atoms with Gasteiger partial charge in [-0.3, -0.25) is 0 Å². The molecule has 1 amide bonds. The standard InChI is InChI=1S/C9H18IN2O2/c1-9(2,3)14-8(13)12-10-7-4-5-11-6-7/h7,11H,4-6H2,1-3H3,(H,12,13)/q-1/t7-/m1/s1. The number of hydrogen-bond donors (Lipinski definition) is 2. The van der Waals surface area contributed by atoms with Crippen LogP contribution in [0.5, 0.6) is 0 Å². The Labute approximate surface area is 95.8 Å². The normalized spacial score (nSPS) is 22.4. The van der Waals surface area contributed by atoms with Crippen molar-refractivity contribution in [3.63, 3.8) is 0 Å². The van der Waals surface area contributed by atoms with E-state index in [0.29, 0.717) is 3.92 Å². The zero-order valence-electron chi connectivity index (χ0n) is 8.89. The average molecular weight is 313 g/mol. The summed E-state index contributed by atoms with van der Waals surface area (Å²) in [6.07, 6.45) is 0.917. The minimum atomic E-state index is -0.387. The van der Waals surface area contributed by atoms with Gasteiger partial charge in [-0.05, 0) is 0 Å². The van der Waals surface area contributed by atoms with Crippen LogP contribution in [0.1, 0.15) is 27.2 Å². The van der Waals surface area contributed by atoms with E-state index in [2.05, 4.69) is 8.85 Å². The van der Waals surface area contributed by atoms with Gasteiger partial charge in [0.2, 0.25) is 0 Å². The first kappa shape index (κ1) is 12.0. The fraction of sp³-hybridized carbons (Fsp3) is 0.889. The topological polar surface area (TPSA) is 50.4 Å². The minimum absolute atomic E-state index is 0.261. The van der Waals surface area contributed by atoms with Crippen LogP contribution >= 0.6 is 0 Å². The second kappa shape index (κ2) is 5.16. The van der Waals surface area contributed by atoms with Gasteiger partial charge < -0.3 is 0 Å². The van der Waals surface area contributed by atoms with Gasteiger partial charge in [-0.15, -0.1) is 0 Å². The summed E-state index contributed by atoms with van der Waals surface area (Å²) < 4.78 is 8.71. The summed E-state index contributed by atoms with van der Waals surface area (Å²) in [4.78, 5) is 11.3. The van der Waals surface area contributed by atoms with E-state index in [9.17, 15) is 4.79 Å². The molecule has 14 heavy (non-hydrogen) atoms. The summed E-state index contributed by atoms with van der Waals surface area (Å²) in [6.45, 7) is 7.76. The number of halogens is 1. The van der Waals surface area contributed by atoms with Gasteiger partial charge in [-0.1, -0.05) is 0 Å². The molecule has 0 aromatic heterocycles. The Hall–Kier alpha value is -0.0400. The van der Waals surface area contributed by atoms with Gasteiger partial charge in [-0.25, -0.2) is 0 Å². The van der Waals surface area contributed by atoms with Crippen LogP contribution in [0.25, 0.3) is 0 Å². The van der Waals surface area contributed by atoms with Gasteiger partial charge in [0.05, 0.1) is 0 Å². The van der Waals surface area contributed by atoms with Crippen LogP contribution in [0.15, 0.2) is 0 Å². The molecule has 0 radical (unpaired) electrons. The molecule has 1 saturated heterocycles. The summed E-state index contributed by atoms with van der Waals surface area (Å²) in [5.74, 6) is 0. The molecule has 1 aliphatic rings. The van der Waals surface area contributed by atoms with Crippen LogP contribution < -0.4 is 30.3 Å². The van der Waals surface area contributed by atoms with E-state index in [1.807, 2.05) is 20.8 Å². The molecule has 0 spiro atoms.